The first kappa shape index (κ1) is 8.20. The molecule has 0 radical (unpaired) electrons. The molecule has 0 saturated heterocycles. The molecule has 1 aliphatic carbocycles. The van der Waals surface area contributed by atoms with Gasteiger partial charge in [0, 0.05) is 17.3 Å². The second-order valence-electron chi connectivity index (χ2n) is 3.31. The van der Waals surface area contributed by atoms with Crippen LogP contribution in [0.1, 0.15) is 29.3 Å². The maximum Gasteiger partial charge on any atom is 0.0797 e. The molecule has 1 aliphatic rings. The monoisotopic (exact) mass is 182 g/mol. The number of aryl methyl sites for hydroxylation is 1. The third kappa shape index (κ3) is 1.39. The Balaban J connectivity index is 2.19. The second kappa shape index (κ2) is 3.54. The number of rotatable bonds is 2. The van der Waals surface area contributed by atoms with Gasteiger partial charge < -0.3 is 5.32 Å². The zero-order valence-corrected chi connectivity index (χ0v) is 8.16. The van der Waals surface area contributed by atoms with E-state index in [1.807, 2.05) is 23.9 Å². The highest BCUT2D eigenvalue weighted by Crippen LogP contribution is 2.33. The molecule has 0 spiro atoms. The van der Waals surface area contributed by atoms with E-state index in [-0.39, 0.29) is 0 Å². The summed E-state index contributed by atoms with van der Waals surface area (Å²) >= 11 is 1.82. The van der Waals surface area contributed by atoms with Crippen LogP contribution in [0.25, 0.3) is 0 Å². The fourth-order valence-corrected chi connectivity index (χ4v) is 2.86. The lowest BCUT2D eigenvalue weighted by Gasteiger charge is -2.20. The maximum absolute atomic E-state index is 4.38. The number of hydrogen-bond donors (Lipinski definition) is 1. The van der Waals surface area contributed by atoms with E-state index in [2.05, 4.69) is 10.3 Å². The van der Waals surface area contributed by atoms with Crippen molar-refractivity contribution in [3.63, 3.8) is 0 Å². The summed E-state index contributed by atoms with van der Waals surface area (Å²) in [6.45, 7) is 1.11. The quantitative estimate of drug-likeness (QED) is 0.754. The first-order chi connectivity index (χ1) is 5.92. The molecule has 0 aromatic carbocycles. The van der Waals surface area contributed by atoms with E-state index in [0.717, 1.165) is 12.5 Å². The third-order valence-electron chi connectivity index (χ3n) is 2.46. The number of hydrogen-bond acceptors (Lipinski definition) is 3. The number of fused-ring (bicyclic) bond motifs is 1. The van der Waals surface area contributed by atoms with Gasteiger partial charge in [-0.2, -0.15) is 0 Å². The van der Waals surface area contributed by atoms with Gasteiger partial charge in [0.25, 0.3) is 0 Å². The summed E-state index contributed by atoms with van der Waals surface area (Å²) in [6, 6.07) is 0. The highest BCUT2D eigenvalue weighted by molar-refractivity contribution is 7.09. The lowest BCUT2D eigenvalue weighted by atomic mass is 9.92. The minimum Gasteiger partial charge on any atom is -0.319 e. The normalized spacial score (nSPS) is 22.2. The minimum absolute atomic E-state index is 0.728. The standard InChI is InChI=1S/C9H14N2S/c1-10-5-7-3-2-4-8-9(7)12-6-11-8/h6-7,10H,2-5H2,1H3. The summed E-state index contributed by atoms with van der Waals surface area (Å²) in [5.74, 6) is 0.728. The van der Waals surface area contributed by atoms with Crippen molar-refractivity contribution in [2.24, 2.45) is 0 Å². The van der Waals surface area contributed by atoms with Gasteiger partial charge in [0.2, 0.25) is 0 Å². The summed E-state index contributed by atoms with van der Waals surface area (Å²) in [4.78, 5) is 5.90. The lowest BCUT2D eigenvalue weighted by molar-refractivity contribution is 0.532. The van der Waals surface area contributed by atoms with E-state index in [0.29, 0.717) is 0 Å². The summed E-state index contributed by atoms with van der Waals surface area (Å²) < 4.78 is 0. The van der Waals surface area contributed by atoms with Crippen LogP contribution in [0.2, 0.25) is 0 Å². The molecular formula is C9H14N2S. The van der Waals surface area contributed by atoms with Crippen molar-refractivity contribution < 1.29 is 0 Å². The van der Waals surface area contributed by atoms with Crippen molar-refractivity contribution in [1.82, 2.24) is 10.3 Å². The first-order valence-corrected chi connectivity index (χ1v) is 5.36. The average Bonchev–Trinajstić information content (AvgIpc) is 2.53. The fraction of sp³-hybridized carbons (Fsp3) is 0.667. The zero-order chi connectivity index (χ0) is 8.39. The molecule has 0 fully saturated rings. The van der Waals surface area contributed by atoms with Gasteiger partial charge in [0.15, 0.2) is 0 Å². The Hall–Kier alpha value is -0.410. The van der Waals surface area contributed by atoms with Gasteiger partial charge in [-0.15, -0.1) is 11.3 Å². The number of nitrogens with zero attached hydrogens (tertiary/aromatic N) is 1. The van der Waals surface area contributed by atoms with E-state index in [1.54, 1.807) is 0 Å². The number of likely N-dealkylation sites (N-methyl/N-ethyl adjacent to an activating group) is 1. The van der Waals surface area contributed by atoms with Crippen molar-refractivity contribution in [2.45, 2.75) is 25.2 Å². The average molecular weight is 182 g/mol. The lowest BCUT2D eigenvalue weighted by Crippen LogP contribution is -2.20. The van der Waals surface area contributed by atoms with Crippen molar-refractivity contribution >= 4 is 11.3 Å². The molecule has 0 bridgehead atoms. The number of aromatic nitrogens is 1. The van der Waals surface area contributed by atoms with Crippen LogP contribution in [-0.4, -0.2) is 18.6 Å². The van der Waals surface area contributed by atoms with Crippen LogP contribution in [0.3, 0.4) is 0 Å². The summed E-state index contributed by atoms with van der Waals surface area (Å²) in [5.41, 5.74) is 3.34. The molecule has 2 nitrogen and oxygen atoms in total. The van der Waals surface area contributed by atoms with Crippen molar-refractivity contribution in [3.05, 3.63) is 16.1 Å². The first-order valence-electron chi connectivity index (χ1n) is 4.48. The highest BCUT2D eigenvalue weighted by atomic mass is 32.1. The van der Waals surface area contributed by atoms with Crippen LogP contribution in [0.4, 0.5) is 0 Å². The molecule has 1 heterocycles. The van der Waals surface area contributed by atoms with Crippen LogP contribution in [0.15, 0.2) is 5.51 Å². The molecule has 0 aliphatic heterocycles. The van der Waals surface area contributed by atoms with Crippen molar-refractivity contribution in [2.75, 3.05) is 13.6 Å². The summed E-state index contributed by atoms with van der Waals surface area (Å²) in [7, 11) is 2.02. The largest absolute Gasteiger partial charge is 0.319 e. The van der Waals surface area contributed by atoms with Crippen LogP contribution < -0.4 is 5.32 Å². The predicted octanol–water partition coefficient (Wildman–Crippen LogP) is 1.78. The molecule has 0 amide bonds. The van der Waals surface area contributed by atoms with Crippen molar-refractivity contribution in [3.8, 4) is 0 Å². The van der Waals surface area contributed by atoms with Gasteiger partial charge in [0.05, 0.1) is 11.2 Å². The number of thiazole rings is 1. The smallest absolute Gasteiger partial charge is 0.0797 e. The Kier molecular flexibility index (Phi) is 2.42. The molecule has 12 heavy (non-hydrogen) atoms. The molecule has 0 saturated carbocycles. The van der Waals surface area contributed by atoms with Crippen LogP contribution in [0, 0.1) is 0 Å². The zero-order valence-electron chi connectivity index (χ0n) is 7.34. The predicted molar refractivity (Wildman–Crippen MR) is 51.7 cm³/mol. The van der Waals surface area contributed by atoms with E-state index >= 15 is 0 Å². The molecular weight excluding hydrogens is 168 g/mol. The van der Waals surface area contributed by atoms with Gasteiger partial charge in [0.1, 0.15) is 0 Å². The van der Waals surface area contributed by atoms with E-state index < -0.39 is 0 Å². The van der Waals surface area contributed by atoms with Gasteiger partial charge in [-0.25, -0.2) is 4.98 Å². The van der Waals surface area contributed by atoms with Crippen molar-refractivity contribution in [1.29, 1.82) is 0 Å². The summed E-state index contributed by atoms with van der Waals surface area (Å²) in [5, 5.41) is 3.25. The third-order valence-corrected chi connectivity index (χ3v) is 3.49. The molecule has 1 N–H and O–H groups in total. The molecule has 2 rings (SSSR count). The molecule has 1 unspecified atom stereocenters. The molecule has 1 aromatic rings. The van der Waals surface area contributed by atoms with Gasteiger partial charge in [-0.1, -0.05) is 0 Å². The van der Waals surface area contributed by atoms with Gasteiger partial charge in [-0.05, 0) is 26.3 Å². The molecule has 3 heteroatoms. The van der Waals surface area contributed by atoms with Crippen LogP contribution in [-0.2, 0) is 6.42 Å². The Bertz CT molecular complexity index is 257. The minimum atomic E-state index is 0.728. The summed E-state index contributed by atoms with van der Waals surface area (Å²) in [6.07, 6.45) is 3.83. The topological polar surface area (TPSA) is 24.9 Å². The second-order valence-corrected chi connectivity index (χ2v) is 4.20. The van der Waals surface area contributed by atoms with Crippen LogP contribution in [0.5, 0.6) is 0 Å². The van der Waals surface area contributed by atoms with Gasteiger partial charge >= 0.3 is 0 Å². The van der Waals surface area contributed by atoms with Crippen LogP contribution >= 0.6 is 11.3 Å². The highest BCUT2D eigenvalue weighted by Gasteiger charge is 2.21. The number of nitrogens with one attached hydrogen (secondary N) is 1. The molecule has 66 valence electrons. The Morgan fingerprint density at radius 1 is 1.75 bits per heavy atom. The van der Waals surface area contributed by atoms with E-state index in [1.165, 1.54) is 29.8 Å². The van der Waals surface area contributed by atoms with E-state index in [9.17, 15) is 0 Å². The fourth-order valence-electron chi connectivity index (χ4n) is 1.89. The van der Waals surface area contributed by atoms with E-state index in [4.69, 9.17) is 0 Å². The maximum atomic E-state index is 4.38. The van der Waals surface area contributed by atoms with Gasteiger partial charge in [-0.3, -0.25) is 0 Å². The Morgan fingerprint density at radius 2 is 2.67 bits per heavy atom. The Labute approximate surface area is 77.0 Å². The Morgan fingerprint density at radius 3 is 3.50 bits per heavy atom. The molecule has 1 atom stereocenters. The molecule has 1 aromatic heterocycles. The SMILES string of the molecule is CNCC1CCCc2ncsc21.